The van der Waals surface area contributed by atoms with Crippen LogP contribution in [-0.2, 0) is 0 Å². The van der Waals surface area contributed by atoms with Gasteiger partial charge in [0.05, 0.1) is 0 Å². The van der Waals surface area contributed by atoms with E-state index in [4.69, 9.17) is 28.9 Å². The van der Waals surface area contributed by atoms with E-state index in [1.807, 2.05) is 18.2 Å². The van der Waals surface area contributed by atoms with E-state index in [9.17, 15) is 0 Å². The van der Waals surface area contributed by atoms with Crippen LogP contribution in [0.1, 0.15) is 30.9 Å². The Morgan fingerprint density at radius 1 is 1.24 bits per heavy atom. The number of nitrogens with zero attached hydrogens (tertiary/aromatic N) is 1. The lowest BCUT2D eigenvalue weighted by Crippen LogP contribution is -2.27. The summed E-state index contributed by atoms with van der Waals surface area (Å²) < 4.78 is 0. The van der Waals surface area contributed by atoms with E-state index in [1.165, 1.54) is 12.8 Å². The van der Waals surface area contributed by atoms with E-state index in [0.29, 0.717) is 12.6 Å². The molecule has 1 aromatic rings. The molecule has 1 unspecified atom stereocenters. The number of benzene rings is 1. The van der Waals surface area contributed by atoms with Gasteiger partial charge in [0.15, 0.2) is 0 Å². The molecule has 94 valence electrons. The quantitative estimate of drug-likeness (QED) is 0.910. The highest BCUT2D eigenvalue weighted by molar-refractivity contribution is 6.33. The molecule has 1 fully saturated rings. The average Bonchev–Trinajstić information content (AvgIpc) is 2.83. The molecule has 2 rings (SSSR count). The van der Waals surface area contributed by atoms with Gasteiger partial charge >= 0.3 is 0 Å². The van der Waals surface area contributed by atoms with Gasteiger partial charge in [-0.1, -0.05) is 23.2 Å². The molecule has 0 spiro atoms. The zero-order valence-electron chi connectivity index (χ0n) is 9.83. The molecule has 1 aliphatic rings. The highest BCUT2D eigenvalue weighted by Gasteiger charge is 2.24. The highest BCUT2D eigenvalue weighted by atomic mass is 35.5. The van der Waals surface area contributed by atoms with Crippen molar-refractivity contribution in [3.63, 3.8) is 0 Å². The van der Waals surface area contributed by atoms with Crippen molar-refractivity contribution >= 4 is 23.2 Å². The summed E-state index contributed by atoms with van der Waals surface area (Å²) in [4.78, 5) is 2.46. The predicted molar refractivity (Wildman–Crippen MR) is 73.7 cm³/mol. The van der Waals surface area contributed by atoms with Gasteiger partial charge in [-0.2, -0.15) is 0 Å². The van der Waals surface area contributed by atoms with Crippen LogP contribution < -0.4 is 5.73 Å². The Balaban J connectivity index is 2.27. The Morgan fingerprint density at radius 2 is 1.94 bits per heavy atom. The first kappa shape index (κ1) is 13.2. The maximum absolute atomic E-state index is 6.28. The molecule has 2 nitrogen and oxygen atoms in total. The topological polar surface area (TPSA) is 29.3 Å². The molecule has 1 atom stereocenters. The molecule has 2 N–H and O–H groups in total. The molecular weight excluding hydrogens is 255 g/mol. The summed E-state index contributed by atoms with van der Waals surface area (Å²) in [5.74, 6) is 0. The van der Waals surface area contributed by atoms with E-state index in [2.05, 4.69) is 4.90 Å². The number of nitrogens with two attached hydrogens (primary N) is 1. The molecule has 0 aliphatic carbocycles. The summed E-state index contributed by atoms with van der Waals surface area (Å²) in [6, 6.07) is 5.99. The molecule has 0 saturated carbocycles. The van der Waals surface area contributed by atoms with Crippen molar-refractivity contribution in [3.05, 3.63) is 33.8 Å². The van der Waals surface area contributed by atoms with Gasteiger partial charge in [0.25, 0.3) is 0 Å². The van der Waals surface area contributed by atoms with Crippen LogP contribution in [0.5, 0.6) is 0 Å². The van der Waals surface area contributed by atoms with Gasteiger partial charge in [-0.05, 0) is 62.7 Å². The molecular formula is C13H18Cl2N2. The number of likely N-dealkylation sites (tertiary alicyclic amines) is 1. The first-order valence-corrected chi connectivity index (χ1v) is 6.87. The maximum Gasteiger partial charge on any atom is 0.0454 e. The fourth-order valence-corrected chi connectivity index (χ4v) is 2.94. The van der Waals surface area contributed by atoms with Crippen LogP contribution in [0.15, 0.2) is 18.2 Å². The van der Waals surface area contributed by atoms with E-state index >= 15 is 0 Å². The monoisotopic (exact) mass is 272 g/mol. The van der Waals surface area contributed by atoms with E-state index in [0.717, 1.165) is 35.1 Å². The lowest BCUT2D eigenvalue weighted by Gasteiger charge is -2.28. The Labute approximate surface area is 113 Å². The van der Waals surface area contributed by atoms with Gasteiger partial charge in [-0.3, -0.25) is 4.90 Å². The number of rotatable bonds is 4. The Kier molecular flexibility index (Phi) is 4.69. The van der Waals surface area contributed by atoms with Gasteiger partial charge in [-0.25, -0.2) is 0 Å². The summed E-state index contributed by atoms with van der Waals surface area (Å²) in [5, 5.41) is 1.53. The van der Waals surface area contributed by atoms with Crippen molar-refractivity contribution in [2.24, 2.45) is 5.73 Å². The third-order valence-corrected chi connectivity index (χ3v) is 3.92. The lowest BCUT2D eigenvalue weighted by molar-refractivity contribution is 0.236. The van der Waals surface area contributed by atoms with E-state index in [1.54, 1.807) is 0 Å². The van der Waals surface area contributed by atoms with Crippen molar-refractivity contribution in [1.82, 2.24) is 4.90 Å². The summed E-state index contributed by atoms with van der Waals surface area (Å²) in [7, 11) is 0. The Morgan fingerprint density at radius 3 is 2.59 bits per heavy atom. The van der Waals surface area contributed by atoms with Crippen LogP contribution in [0.2, 0.25) is 10.0 Å². The summed E-state index contributed by atoms with van der Waals surface area (Å²) in [6.07, 6.45) is 3.46. The minimum Gasteiger partial charge on any atom is -0.330 e. The molecule has 1 aliphatic heterocycles. The summed E-state index contributed by atoms with van der Waals surface area (Å²) in [6.45, 7) is 2.94. The van der Waals surface area contributed by atoms with Crippen molar-refractivity contribution in [2.75, 3.05) is 19.6 Å². The molecule has 1 heterocycles. The highest BCUT2D eigenvalue weighted by Crippen LogP contribution is 2.33. The van der Waals surface area contributed by atoms with E-state index in [-0.39, 0.29) is 0 Å². The van der Waals surface area contributed by atoms with Crippen molar-refractivity contribution in [2.45, 2.75) is 25.3 Å². The van der Waals surface area contributed by atoms with E-state index < -0.39 is 0 Å². The first-order chi connectivity index (χ1) is 8.22. The van der Waals surface area contributed by atoms with Crippen molar-refractivity contribution in [1.29, 1.82) is 0 Å². The molecule has 0 amide bonds. The second kappa shape index (κ2) is 6.05. The second-order valence-electron chi connectivity index (χ2n) is 4.50. The molecule has 17 heavy (non-hydrogen) atoms. The fourth-order valence-electron chi connectivity index (χ4n) is 2.52. The Bertz CT molecular complexity index is 376. The SMILES string of the molecule is NCCC(c1cc(Cl)ccc1Cl)N1CCCC1. The van der Waals surface area contributed by atoms with Crippen LogP contribution >= 0.6 is 23.2 Å². The predicted octanol–water partition coefficient (Wildman–Crippen LogP) is 3.48. The number of hydrogen-bond donors (Lipinski definition) is 1. The minimum atomic E-state index is 0.314. The van der Waals surface area contributed by atoms with Crippen LogP contribution in [0.25, 0.3) is 0 Å². The first-order valence-electron chi connectivity index (χ1n) is 6.11. The molecule has 1 saturated heterocycles. The van der Waals surface area contributed by atoms with Crippen LogP contribution in [0.4, 0.5) is 0 Å². The third-order valence-electron chi connectivity index (χ3n) is 3.34. The normalized spacial score (nSPS) is 18.5. The maximum atomic E-state index is 6.28. The van der Waals surface area contributed by atoms with Gasteiger partial charge in [0, 0.05) is 16.1 Å². The average molecular weight is 273 g/mol. The number of hydrogen-bond acceptors (Lipinski definition) is 2. The summed E-state index contributed by atoms with van der Waals surface area (Å²) >= 11 is 12.3. The van der Waals surface area contributed by atoms with Gasteiger partial charge in [0.1, 0.15) is 0 Å². The molecule has 1 aromatic carbocycles. The van der Waals surface area contributed by atoms with Gasteiger partial charge in [-0.15, -0.1) is 0 Å². The standard InChI is InChI=1S/C13H18Cl2N2/c14-10-3-4-12(15)11(9-10)13(5-6-16)17-7-1-2-8-17/h3-4,9,13H,1-2,5-8,16H2. The smallest absolute Gasteiger partial charge is 0.0454 e. The molecule has 0 aromatic heterocycles. The van der Waals surface area contributed by atoms with Gasteiger partial charge in [0.2, 0.25) is 0 Å². The zero-order chi connectivity index (χ0) is 12.3. The lowest BCUT2D eigenvalue weighted by atomic mass is 10.0. The third kappa shape index (κ3) is 3.14. The minimum absolute atomic E-state index is 0.314. The van der Waals surface area contributed by atoms with Crippen LogP contribution in [0.3, 0.4) is 0 Å². The largest absolute Gasteiger partial charge is 0.330 e. The zero-order valence-corrected chi connectivity index (χ0v) is 11.3. The molecule has 0 bridgehead atoms. The van der Waals surface area contributed by atoms with Crippen molar-refractivity contribution < 1.29 is 0 Å². The second-order valence-corrected chi connectivity index (χ2v) is 5.35. The summed E-state index contributed by atoms with van der Waals surface area (Å²) in [5.41, 5.74) is 6.84. The van der Waals surface area contributed by atoms with Crippen LogP contribution in [0, 0.1) is 0 Å². The van der Waals surface area contributed by atoms with Gasteiger partial charge < -0.3 is 5.73 Å². The number of halogens is 2. The molecule has 4 heteroatoms. The Hall–Kier alpha value is -0.280. The molecule has 0 radical (unpaired) electrons. The van der Waals surface area contributed by atoms with Crippen molar-refractivity contribution in [3.8, 4) is 0 Å². The fraction of sp³-hybridized carbons (Fsp3) is 0.538. The van der Waals surface area contributed by atoms with Crippen LogP contribution in [-0.4, -0.2) is 24.5 Å².